The summed E-state index contributed by atoms with van der Waals surface area (Å²) in [6.07, 6.45) is -3.44. The molecule has 2 unspecified atom stereocenters. The number of carboxylic acid groups (broad SMARTS) is 1. The summed E-state index contributed by atoms with van der Waals surface area (Å²) in [5, 5.41) is 36.3. The molecule has 0 aliphatic carbocycles. The van der Waals surface area contributed by atoms with Crippen molar-refractivity contribution in [2.75, 3.05) is 0 Å². The molecule has 0 aliphatic heterocycles. The Hall–Kier alpha value is -1.59. The highest BCUT2D eigenvalue weighted by Crippen LogP contribution is 2.23. The molecule has 5 heteroatoms. The van der Waals surface area contributed by atoms with Crippen LogP contribution in [0.1, 0.15) is 17.2 Å². The smallest absolute Gasteiger partial charge is 0.335 e. The van der Waals surface area contributed by atoms with Crippen molar-refractivity contribution in [2.24, 2.45) is 0 Å². The Morgan fingerprint density at radius 3 is 2.33 bits per heavy atom. The Bertz CT molecular complexity index is 354. The third-order valence-corrected chi connectivity index (χ3v) is 1.98. The topological polar surface area (TPSA) is 98.0 Å². The summed E-state index contributed by atoms with van der Waals surface area (Å²) in [6.45, 7) is 1.68. The summed E-state index contributed by atoms with van der Waals surface area (Å²) in [5.74, 6) is -1.59. The Kier molecular flexibility index (Phi) is 3.28. The van der Waals surface area contributed by atoms with Gasteiger partial charge in [0, 0.05) is 0 Å². The van der Waals surface area contributed by atoms with Gasteiger partial charge < -0.3 is 20.4 Å². The van der Waals surface area contributed by atoms with Crippen molar-refractivity contribution in [3.8, 4) is 5.75 Å². The molecule has 0 fully saturated rings. The van der Waals surface area contributed by atoms with Crippen molar-refractivity contribution < 1.29 is 25.2 Å². The van der Waals surface area contributed by atoms with Crippen molar-refractivity contribution in [1.29, 1.82) is 0 Å². The minimum atomic E-state index is -1.90. The maximum atomic E-state index is 10.4. The first-order chi connectivity index (χ1) is 6.91. The molecule has 1 rings (SSSR count). The second-order valence-corrected chi connectivity index (χ2v) is 3.33. The highest BCUT2D eigenvalue weighted by atomic mass is 16.4. The molecule has 0 aliphatic rings. The van der Waals surface area contributed by atoms with Gasteiger partial charge >= 0.3 is 5.97 Å². The molecule has 15 heavy (non-hydrogen) atoms. The van der Waals surface area contributed by atoms with Gasteiger partial charge in [-0.1, -0.05) is 6.07 Å². The standard InChI is InChI=1S/C10H12O5/c1-5-2-6(4-7(11)3-5)8(12)9(13)10(14)15/h2-4,8-9,11-13H,1H3,(H,14,15). The Balaban J connectivity index is 3.00. The average molecular weight is 212 g/mol. The van der Waals surface area contributed by atoms with Crippen molar-refractivity contribution in [1.82, 2.24) is 0 Å². The van der Waals surface area contributed by atoms with E-state index in [0.29, 0.717) is 5.56 Å². The van der Waals surface area contributed by atoms with Gasteiger partial charge in [0.05, 0.1) is 0 Å². The van der Waals surface area contributed by atoms with Crippen LogP contribution in [0.15, 0.2) is 18.2 Å². The van der Waals surface area contributed by atoms with E-state index in [1.165, 1.54) is 18.2 Å². The van der Waals surface area contributed by atoms with Crippen LogP contribution in [-0.4, -0.2) is 32.5 Å². The van der Waals surface area contributed by atoms with Crippen LogP contribution >= 0.6 is 0 Å². The fraction of sp³-hybridized carbons (Fsp3) is 0.300. The van der Waals surface area contributed by atoms with Crippen LogP contribution in [0.3, 0.4) is 0 Å². The average Bonchev–Trinajstić information content (AvgIpc) is 2.13. The fourth-order valence-corrected chi connectivity index (χ4v) is 1.28. The number of aromatic hydroxyl groups is 1. The molecule has 0 bridgehead atoms. The summed E-state index contributed by atoms with van der Waals surface area (Å²) in [4.78, 5) is 10.4. The first kappa shape index (κ1) is 11.5. The SMILES string of the molecule is Cc1cc(O)cc(C(O)C(O)C(=O)O)c1. The van der Waals surface area contributed by atoms with E-state index in [0.717, 1.165) is 0 Å². The molecule has 5 nitrogen and oxygen atoms in total. The number of hydrogen-bond donors (Lipinski definition) is 4. The highest BCUT2D eigenvalue weighted by molar-refractivity contribution is 5.73. The number of aryl methyl sites for hydroxylation is 1. The third kappa shape index (κ3) is 2.68. The van der Waals surface area contributed by atoms with Gasteiger partial charge in [0.25, 0.3) is 0 Å². The first-order valence-corrected chi connectivity index (χ1v) is 4.31. The number of phenolic OH excluding ortho intramolecular Hbond substituents is 1. The van der Waals surface area contributed by atoms with E-state index in [1.54, 1.807) is 6.92 Å². The van der Waals surface area contributed by atoms with E-state index in [4.69, 9.17) is 10.2 Å². The summed E-state index contributed by atoms with van der Waals surface area (Å²) in [6, 6.07) is 4.17. The summed E-state index contributed by atoms with van der Waals surface area (Å²) in [5.41, 5.74) is 0.837. The van der Waals surface area contributed by atoms with Crippen LogP contribution in [-0.2, 0) is 4.79 Å². The lowest BCUT2D eigenvalue weighted by molar-refractivity contribution is -0.153. The molecular weight excluding hydrogens is 200 g/mol. The van der Waals surface area contributed by atoms with Gasteiger partial charge in [0.2, 0.25) is 0 Å². The van der Waals surface area contributed by atoms with Crippen molar-refractivity contribution >= 4 is 5.97 Å². The molecule has 2 atom stereocenters. The Labute approximate surface area is 86.2 Å². The number of aliphatic carboxylic acids is 1. The zero-order valence-corrected chi connectivity index (χ0v) is 8.08. The first-order valence-electron chi connectivity index (χ1n) is 4.31. The van der Waals surface area contributed by atoms with E-state index < -0.39 is 18.2 Å². The molecule has 0 amide bonds. The molecule has 4 N–H and O–H groups in total. The second kappa shape index (κ2) is 4.29. The summed E-state index contributed by atoms with van der Waals surface area (Å²) >= 11 is 0. The molecule has 0 aromatic heterocycles. The van der Waals surface area contributed by atoms with E-state index in [-0.39, 0.29) is 11.3 Å². The molecule has 0 saturated heterocycles. The summed E-state index contributed by atoms with van der Waals surface area (Å²) < 4.78 is 0. The molecular formula is C10H12O5. The quantitative estimate of drug-likeness (QED) is 0.573. The number of aliphatic hydroxyl groups excluding tert-OH is 2. The molecule has 0 saturated carbocycles. The number of hydrogen-bond acceptors (Lipinski definition) is 4. The minimum absolute atomic E-state index is 0.0818. The van der Waals surface area contributed by atoms with Crippen LogP contribution < -0.4 is 0 Å². The van der Waals surface area contributed by atoms with Gasteiger partial charge in [-0.2, -0.15) is 0 Å². The lowest BCUT2D eigenvalue weighted by Crippen LogP contribution is -2.27. The third-order valence-electron chi connectivity index (χ3n) is 1.98. The van der Waals surface area contributed by atoms with Gasteiger partial charge in [-0.25, -0.2) is 4.79 Å². The number of carbonyl (C=O) groups is 1. The number of carboxylic acids is 1. The zero-order chi connectivity index (χ0) is 11.6. The maximum Gasteiger partial charge on any atom is 0.335 e. The number of aliphatic hydroxyl groups is 2. The Morgan fingerprint density at radius 2 is 1.87 bits per heavy atom. The fourth-order valence-electron chi connectivity index (χ4n) is 1.28. The van der Waals surface area contributed by atoms with E-state index in [1.807, 2.05) is 0 Å². The normalized spacial score (nSPS) is 14.6. The molecule has 82 valence electrons. The zero-order valence-electron chi connectivity index (χ0n) is 8.08. The van der Waals surface area contributed by atoms with Crippen LogP contribution in [0.4, 0.5) is 0 Å². The molecule has 0 spiro atoms. The lowest BCUT2D eigenvalue weighted by Gasteiger charge is -2.15. The van der Waals surface area contributed by atoms with Crippen LogP contribution in [0, 0.1) is 6.92 Å². The van der Waals surface area contributed by atoms with Crippen LogP contribution in [0.25, 0.3) is 0 Å². The van der Waals surface area contributed by atoms with Crippen molar-refractivity contribution in [3.05, 3.63) is 29.3 Å². The van der Waals surface area contributed by atoms with Crippen LogP contribution in [0.5, 0.6) is 5.75 Å². The predicted octanol–water partition coefficient (Wildman–Crippen LogP) is 0.180. The molecule has 0 heterocycles. The highest BCUT2D eigenvalue weighted by Gasteiger charge is 2.25. The second-order valence-electron chi connectivity index (χ2n) is 3.33. The molecule has 1 aromatic carbocycles. The minimum Gasteiger partial charge on any atom is -0.508 e. The van der Waals surface area contributed by atoms with Crippen molar-refractivity contribution in [2.45, 2.75) is 19.1 Å². The monoisotopic (exact) mass is 212 g/mol. The number of rotatable bonds is 3. The largest absolute Gasteiger partial charge is 0.508 e. The van der Waals surface area contributed by atoms with E-state index in [9.17, 15) is 15.0 Å². The summed E-state index contributed by atoms with van der Waals surface area (Å²) in [7, 11) is 0. The predicted molar refractivity (Wildman–Crippen MR) is 51.4 cm³/mol. The molecule has 0 radical (unpaired) electrons. The van der Waals surface area contributed by atoms with E-state index >= 15 is 0 Å². The van der Waals surface area contributed by atoms with Crippen LogP contribution in [0.2, 0.25) is 0 Å². The van der Waals surface area contributed by atoms with Gasteiger partial charge in [-0.05, 0) is 30.2 Å². The van der Waals surface area contributed by atoms with Gasteiger partial charge in [0.1, 0.15) is 11.9 Å². The van der Waals surface area contributed by atoms with E-state index in [2.05, 4.69) is 0 Å². The van der Waals surface area contributed by atoms with Crippen molar-refractivity contribution in [3.63, 3.8) is 0 Å². The van der Waals surface area contributed by atoms with Gasteiger partial charge in [-0.3, -0.25) is 0 Å². The number of phenols is 1. The lowest BCUT2D eigenvalue weighted by atomic mass is 10.0. The molecule has 1 aromatic rings. The number of benzene rings is 1. The Morgan fingerprint density at radius 1 is 1.27 bits per heavy atom. The maximum absolute atomic E-state index is 10.4. The van der Waals surface area contributed by atoms with Gasteiger partial charge in [-0.15, -0.1) is 0 Å². The van der Waals surface area contributed by atoms with Gasteiger partial charge in [0.15, 0.2) is 6.10 Å².